The Morgan fingerprint density at radius 2 is 1.79 bits per heavy atom. The predicted octanol–water partition coefficient (Wildman–Crippen LogP) is 7.01. The summed E-state index contributed by atoms with van der Waals surface area (Å²) in [5.74, 6) is -1.16. The fraction of sp³-hybridized carbons (Fsp3) is 0.929. The van der Waals surface area contributed by atoms with E-state index in [0.717, 1.165) is 44.9 Å². The minimum atomic E-state index is -2.97. The molecule has 3 nitrogen and oxygen atoms in total. The van der Waals surface area contributed by atoms with Gasteiger partial charge in [0.2, 0.25) is 0 Å². The molecule has 194 valence electrons. The van der Waals surface area contributed by atoms with Gasteiger partial charge < -0.3 is 14.9 Å². The number of aliphatic hydroxyl groups excluding tert-OH is 2. The molecule has 7 unspecified atom stereocenters. The van der Waals surface area contributed by atoms with Gasteiger partial charge in [0.25, 0.3) is 5.92 Å². The van der Waals surface area contributed by atoms with Crippen LogP contribution in [0, 0.1) is 34.5 Å². The average molecular weight is 473 g/mol. The van der Waals surface area contributed by atoms with Crippen molar-refractivity contribution in [3.63, 3.8) is 0 Å². The average Bonchev–Trinajstić information content (AvgIpc) is 3.16. The molecular formula is C28H50F2O3. The molecule has 4 aliphatic carbocycles. The van der Waals surface area contributed by atoms with Crippen LogP contribution < -0.4 is 0 Å². The van der Waals surface area contributed by atoms with Crippen molar-refractivity contribution < 1.29 is 23.7 Å². The summed E-state index contributed by atoms with van der Waals surface area (Å²) < 4.78 is 33.6. The maximum Gasteiger partial charge on any atom is 0.270 e. The molecule has 0 heterocycles. The van der Waals surface area contributed by atoms with Crippen molar-refractivity contribution in [1.29, 1.82) is 0 Å². The van der Waals surface area contributed by atoms with Gasteiger partial charge in [-0.15, -0.1) is 0 Å². The highest BCUT2D eigenvalue weighted by molar-refractivity contribution is 5.26. The number of hydrogen-bond donors (Lipinski definition) is 2. The minimum absolute atomic E-state index is 0.0310. The standard InChI is InChI=1S/C24H38F2O3.2C2H6/c1-22-10-9-17(28)12-16(22)4-6-18-19-7-5-15(8-11-24(25,26)14-27)23(19,2)13-20(29-3)21(18)22;2*1-2/h4,15,17-21,27-28H,5-14H2,1-3H3;2*1-2H3/t15-,17?,18?,19?,20?,21?,22?,23?;;/m1../s1. The van der Waals surface area contributed by atoms with Crippen LogP contribution in [0.5, 0.6) is 0 Å². The van der Waals surface area contributed by atoms with E-state index in [9.17, 15) is 13.9 Å². The molecule has 0 amide bonds. The molecule has 0 bridgehead atoms. The second-order valence-electron chi connectivity index (χ2n) is 10.9. The SMILES string of the molecule is CC.CC.COC1CC2(C)C(CC[C@@H]2CCC(F)(F)CO)C2CC=C3CC(O)CCC3(C)C12. The maximum absolute atomic E-state index is 13.7. The van der Waals surface area contributed by atoms with Crippen LogP contribution in [0.3, 0.4) is 0 Å². The Morgan fingerprint density at radius 1 is 1.12 bits per heavy atom. The lowest BCUT2D eigenvalue weighted by Gasteiger charge is -2.60. The van der Waals surface area contributed by atoms with E-state index in [-0.39, 0.29) is 35.4 Å². The lowest BCUT2D eigenvalue weighted by molar-refractivity contribution is -0.140. The lowest BCUT2D eigenvalue weighted by atomic mass is 9.46. The van der Waals surface area contributed by atoms with Crippen molar-refractivity contribution in [1.82, 2.24) is 0 Å². The first kappa shape index (κ1) is 28.7. The quantitative estimate of drug-likeness (QED) is 0.423. The second-order valence-corrected chi connectivity index (χ2v) is 10.9. The van der Waals surface area contributed by atoms with Gasteiger partial charge in [0, 0.05) is 13.5 Å². The first-order chi connectivity index (χ1) is 15.6. The van der Waals surface area contributed by atoms with Crippen LogP contribution in [0.2, 0.25) is 0 Å². The van der Waals surface area contributed by atoms with E-state index in [4.69, 9.17) is 9.84 Å². The van der Waals surface area contributed by atoms with Gasteiger partial charge in [0.15, 0.2) is 0 Å². The molecule has 33 heavy (non-hydrogen) atoms. The summed E-state index contributed by atoms with van der Waals surface area (Å²) in [5.41, 5.74) is 1.54. The third-order valence-corrected chi connectivity index (χ3v) is 9.58. The molecule has 2 N–H and O–H groups in total. The molecule has 4 aliphatic rings. The van der Waals surface area contributed by atoms with Gasteiger partial charge in [-0.1, -0.05) is 53.2 Å². The number of rotatable bonds is 5. The molecule has 0 aromatic rings. The Morgan fingerprint density at radius 3 is 2.39 bits per heavy atom. The van der Waals surface area contributed by atoms with E-state index in [0.29, 0.717) is 24.2 Å². The highest BCUT2D eigenvalue weighted by Crippen LogP contribution is 2.67. The van der Waals surface area contributed by atoms with Gasteiger partial charge in [-0.05, 0) is 85.9 Å². The van der Waals surface area contributed by atoms with Crippen molar-refractivity contribution >= 4 is 0 Å². The van der Waals surface area contributed by atoms with Crippen LogP contribution in [-0.4, -0.2) is 42.1 Å². The lowest BCUT2D eigenvalue weighted by Crippen LogP contribution is -2.56. The third kappa shape index (κ3) is 5.35. The minimum Gasteiger partial charge on any atom is -0.393 e. The predicted molar refractivity (Wildman–Crippen MR) is 131 cm³/mol. The second kappa shape index (κ2) is 11.5. The summed E-state index contributed by atoms with van der Waals surface area (Å²) in [7, 11) is 1.81. The summed E-state index contributed by atoms with van der Waals surface area (Å²) in [4.78, 5) is 0. The molecule has 0 spiro atoms. The van der Waals surface area contributed by atoms with Gasteiger partial charge in [0.1, 0.15) is 6.61 Å². The zero-order valence-electron chi connectivity index (χ0n) is 22.2. The van der Waals surface area contributed by atoms with Gasteiger partial charge in [-0.25, -0.2) is 8.78 Å². The molecule has 0 saturated heterocycles. The number of methoxy groups -OCH3 is 1. The Labute approximate surface area is 201 Å². The van der Waals surface area contributed by atoms with Crippen molar-refractivity contribution in [2.75, 3.05) is 13.7 Å². The van der Waals surface area contributed by atoms with Crippen molar-refractivity contribution in [2.24, 2.45) is 34.5 Å². The topological polar surface area (TPSA) is 49.7 Å². The zero-order valence-corrected chi connectivity index (χ0v) is 22.2. The van der Waals surface area contributed by atoms with E-state index in [1.165, 1.54) is 5.57 Å². The molecule has 0 radical (unpaired) electrons. The molecule has 0 aromatic carbocycles. The molecule has 4 rings (SSSR count). The highest BCUT2D eigenvalue weighted by atomic mass is 19.3. The summed E-state index contributed by atoms with van der Waals surface area (Å²) in [6.07, 6.45) is 9.34. The molecule has 3 fully saturated rings. The van der Waals surface area contributed by atoms with Gasteiger partial charge >= 0.3 is 0 Å². The van der Waals surface area contributed by atoms with Crippen LogP contribution in [0.4, 0.5) is 8.78 Å². The van der Waals surface area contributed by atoms with Crippen LogP contribution in [0.25, 0.3) is 0 Å². The van der Waals surface area contributed by atoms with E-state index in [2.05, 4.69) is 19.9 Å². The third-order valence-electron chi connectivity index (χ3n) is 9.58. The van der Waals surface area contributed by atoms with E-state index >= 15 is 0 Å². The summed E-state index contributed by atoms with van der Waals surface area (Å²) in [6, 6.07) is 0. The van der Waals surface area contributed by atoms with Crippen LogP contribution in [-0.2, 0) is 4.74 Å². The Balaban J connectivity index is 0.000000914. The van der Waals surface area contributed by atoms with E-state index in [1.54, 1.807) is 0 Å². The van der Waals surface area contributed by atoms with E-state index in [1.807, 2.05) is 34.8 Å². The van der Waals surface area contributed by atoms with Crippen molar-refractivity contribution in [2.45, 2.75) is 117 Å². The summed E-state index contributed by atoms with van der Waals surface area (Å²) in [6.45, 7) is 11.6. The number of fused-ring (bicyclic) bond motifs is 5. The van der Waals surface area contributed by atoms with E-state index < -0.39 is 12.5 Å². The highest BCUT2D eigenvalue weighted by Gasteiger charge is 2.61. The summed E-state index contributed by atoms with van der Waals surface area (Å²) >= 11 is 0. The fourth-order valence-electron chi connectivity index (χ4n) is 8.00. The zero-order chi connectivity index (χ0) is 25.0. The number of ether oxygens (including phenoxy) is 1. The first-order valence-corrected chi connectivity index (χ1v) is 13.5. The molecular weight excluding hydrogens is 422 g/mol. The van der Waals surface area contributed by atoms with Crippen molar-refractivity contribution in [3.05, 3.63) is 11.6 Å². The smallest absolute Gasteiger partial charge is 0.270 e. The first-order valence-electron chi connectivity index (χ1n) is 13.5. The van der Waals surface area contributed by atoms with Gasteiger partial charge in [-0.3, -0.25) is 0 Å². The summed E-state index contributed by atoms with van der Waals surface area (Å²) in [5, 5.41) is 19.2. The Hall–Kier alpha value is -0.520. The molecule has 8 atom stereocenters. The van der Waals surface area contributed by atoms with Gasteiger partial charge in [-0.2, -0.15) is 0 Å². The molecule has 3 saturated carbocycles. The Bertz CT molecular complexity index is 651. The molecule has 0 aromatic heterocycles. The molecule has 0 aliphatic heterocycles. The van der Waals surface area contributed by atoms with Gasteiger partial charge in [0.05, 0.1) is 12.2 Å². The van der Waals surface area contributed by atoms with Crippen molar-refractivity contribution in [3.8, 4) is 0 Å². The largest absolute Gasteiger partial charge is 0.393 e. The maximum atomic E-state index is 13.7. The van der Waals surface area contributed by atoms with Crippen LogP contribution in [0.1, 0.15) is 99.3 Å². The van der Waals surface area contributed by atoms with Crippen LogP contribution in [0.15, 0.2) is 11.6 Å². The van der Waals surface area contributed by atoms with Crippen LogP contribution >= 0.6 is 0 Å². The Kier molecular flexibility index (Phi) is 9.99. The fourth-order valence-corrected chi connectivity index (χ4v) is 8.00. The monoisotopic (exact) mass is 472 g/mol. The number of alkyl halides is 2. The number of aliphatic hydroxyl groups is 2. The number of allylic oxidation sites excluding steroid dienone is 1. The molecule has 5 heteroatoms. The normalized spacial score (nSPS) is 41.8. The number of hydrogen-bond acceptors (Lipinski definition) is 3. The number of halogens is 2.